The summed E-state index contributed by atoms with van der Waals surface area (Å²) in [5.41, 5.74) is -0.714. The fraction of sp³-hybridized carbons (Fsp3) is 0.632. The number of alkyl carbamates (subject to hydrolysis) is 1. The summed E-state index contributed by atoms with van der Waals surface area (Å²) in [6.45, 7) is 10.9. The van der Waals surface area contributed by atoms with E-state index in [0.29, 0.717) is 43.5 Å². The molecule has 2 aliphatic carbocycles. The Hall–Kier alpha value is -4.05. The van der Waals surface area contributed by atoms with Crippen LogP contribution in [0.5, 0.6) is 5.75 Å². The molecule has 3 fully saturated rings. The zero-order valence-corrected chi connectivity index (χ0v) is 33.5. The Balaban J connectivity index is 1.28. The second-order valence-corrected chi connectivity index (χ2v) is 19.6. The average molecular weight is 785 g/mol. The Labute approximate surface area is 321 Å². The van der Waals surface area contributed by atoms with Crippen molar-refractivity contribution in [3.05, 3.63) is 41.6 Å². The molecule has 4 heterocycles. The van der Waals surface area contributed by atoms with Gasteiger partial charge in [-0.15, -0.1) is 11.3 Å². The minimum absolute atomic E-state index is 0.0189. The van der Waals surface area contributed by atoms with Gasteiger partial charge >= 0.3 is 6.09 Å². The number of aromatic nitrogens is 2. The summed E-state index contributed by atoms with van der Waals surface area (Å²) in [7, 11) is -3.98. The monoisotopic (exact) mass is 784 g/mol. The van der Waals surface area contributed by atoms with Crippen molar-refractivity contribution >= 4 is 45.2 Å². The molecule has 1 saturated heterocycles. The first-order chi connectivity index (χ1) is 25.4. The molecule has 0 bridgehead atoms. The molecule has 4 amide bonds. The second-order valence-electron chi connectivity index (χ2n) is 16.5. The molecule has 294 valence electrons. The number of thiazole rings is 1. The van der Waals surface area contributed by atoms with Gasteiger partial charge < -0.3 is 25.0 Å². The molecule has 54 heavy (non-hydrogen) atoms. The summed E-state index contributed by atoms with van der Waals surface area (Å²) in [6.07, 6.45) is 8.45. The van der Waals surface area contributed by atoms with Crippen molar-refractivity contribution in [3.63, 3.8) is 0 Å². The minimum atomic E-state index is -3.98. The molecule has 16 heteroatoms. The maximum Gasteiger partial charge on any atom is 0.408 e. The molecule has 0 radical (unpaired) electrons. The van der Waals surface area contributed by atoms with Gasteiger partial charge in [-0.2, -0.15) is 0 Å². The van der Waals surface area contributed by atoms with Crippen LogP contribution in [0.2, 0.25) is 0 Å². The number of carbonyl (C=O) groups is 4. The van der Waals surface area contributed by atoms with Crippen LogP contribution in [-0.4, -0.2) is 87.7 Å². The Morgan fingerprint density at radius 3 is 2.59 bits per heavy atom. The van der Waals surface area contributed by atoms with Gasteiger partial charge in [-0.25, -0.2) is 18.2 Å². The van der Waals surface area contributed by atoms with Gasteiger partial charge in [-0.3, -0.25) is 24.1 Å². The van der Waals surface area contributed by atoms with Crippen molar-refractivity contribution in [1.82, 2.24) is 30.2 Å². The molecular weight excluding hydrogens is 733 g/mol. The van der Waals surface area contributed by atoms with E-state index in [-0.39, 0.29) is 25.3 Å². The number of ether oxygens (including phenoxy) is 2. The second kappa shape index (κ2) is 15.2. The van der Waals surface area contributed by atoms with Crippen LogP contribution >= 0.6 is 11.3 Å². The van der Waals surface area contributed by atoms with Crippen molar-refractivity contribution in [1.29, 1.82) is 0 Å². The average Bonchev–Trinajstić information content (AvgIpc) is 3.86. The molecular formula is C38H52N6O8S2. The summed E-state index contributed by atoms with van der Waals surface area (Å²) in [5.74, 6) is -1.56. The standard InChI is InChI=1S/C38H52N6O8S2/c1-23(2)29-22-53-32(40-29)28-18-25(14-17-39-28)51-26-19-30-31(45)42-38(34(47)43-54(49,50)37(6)15-16-37)20-24(38)12-10-8-7-9-11-13-27(33(46)44(30)21-26)41-35(48)52-36(3,4)5/h10,12,14,17-18,22-24,26-27,30H,7-9,11,13,15-16,19-21H2,1-6H3,(H,41,48)(H,42,45)(H,43,47)/b12-10-/t24-,26-,27+,30+,38-/m1/s1. The van der Waals surface area contributed by atoms with Crippen LogP contribution in [0.25, 0.3) is 10.7 Å². The zero-order valence-electron chi connectivity index (χ0n) is 31.8. The van der Waals surface area contributed by atoms with E-state index in [1.807, 2.05) is 17.5 Å². The molecule has 2 aromatic rings. The molecule has 2 saturated carbocycles. The lowest BCUT2D eigenvalue weighted by atomic mass is 10.0. The number of hydrogen-bond donors (Lipinski definition) is 3. The molecule has 0 unspecified atom stereocenters. The SMILES string of the molecule is CC(C)c1csc(-c2cc(O[C@@H]3C[C@H]4C(=O)N[C@]5(C(=O)NS(=O)(=O)C6(C)CC6)C[C@H]5/C=C\CCCCC[C@H](NC(=O)OC(C)(C)C)C(=O)N4C3)ccn2)n1. The van der Waals surface area contributed by atoms with E-state index in [2.05, 4.69) is 34.2 Å². The number of nitrogens with one attached hydrogen (secondary N) is 3. The first kappa shape index (κ1) is 39.6. The van der Waals surface area contributed by atoms with Crippen molar-refractivity contribution in [2.75, 3.05) is 6.54 Å². The molecule has 4 aliphatic rings. The van der Waals surface area contributed by atoms with E-state index in [9.17, 15) is 27.6 Å². The van der Waals surface area contributed by atoms with Gasteiger partial charge in [0.25, 0.3) is 5.91 Å². The largest absolute Gasteiger partial charge is 0.488 e. The highest BCUT2D eigenvalue weighted by atomic mass is 32.2. The van der Waals surface area contributed by atoms with E-state index in [1.165, 1.54) is 16.2 Å². The lowest BCUT2D eigenvalue weighted by Crippen LogP contribution is -2.58. The molecule has 6 rings (SSSR count). The molecule has 5 atom stereocenters. The summed E-state index contributed by atoms with van der Waals surface area (Å²) < 4.78 is 39.4. The number of fused-ring (bicyclic) bond motifs is 2. The Bertz CT molecular complexity index is 1900. The third-order valence-corrected chi connectivity index (χ3v) is 13.6. The topological polar surface area (TPSA) is 186 Å². The smallest absolute Gasteiger partial charge is 0.408 e. The fourth-order valence-electron chi connectivity index (χ4n) is 6.86. The van der Waals surface area contributed by atoms with Crippen LogP contribution in [0.15, 0.2) is 35.9 Å². The van der Waals surface area contributed by atoms with Gasteiger partial charge in [-0.1, -0.05) is 38.8 Å². The highest BCUT2D eigenvalue weighted by Crippen LogP contribution is 2.47. The maximum absolute atomic E-state index is 14.4. The Kier molecular flexibility index (Phi) is 11.2. The van der Waals surface area contributed by atoms with Crippen LogP contribution in [0, 0.1) is 5.92 Å². The summed E-state index contributed by atoms with van der Waals surface area (Å²) in [5, 5.41) is 8.38. The third kappa shape index (κ3) is 8.90. The van der Waals surface area contributed by atoms with Gasteiger partial charge in [0.2, 0.25) is 21.8 Å². The van der Waals surface area contributed by atoms with Crippen molar-refractivity contribution in [3.8, 4) is 16.5 Å². The van der Waals surface area contributed by atoms with E-state index >= 15 is 0 Å². The number of sulfonamides is 1. The van der Waals surface area contributed by atoms with Gasteiger partial charge in [0.15, 0.2) is 0 Å². The first-order valence-corrected chi connectivity index (χ1v) is 21.2. The summed E-state index contributed by atoms with van der Waals surface area (Å²) in [4.78, 5) is 66.2. The molecule has 2 aliphatic heterocycles. The molecule has 2 aromatic heterocycles. The normalized spacial score (nSPS) is 27.7. The number of pyridine rings is 1. The number of allylic oxidation sites excluding steroid dienone is 1. The first-order valence-electron chi connectivity index (χ1n) is 18.8. The van der Waals surface area contributed by atoms with Crippen LogP contribution in [0.3, 0.4) is 0 Å². The minimum Gasteiger partial charge on any atom is -0.488 e. The summed E-state index contributed by atoms with van der Waals surface area (Å²) in [6, 6.07) is 1.40. The lowest BCUT2D eigenvalue weighted by Gasteiger charge is -2.30. The Morgan fingerprint density at radius 2 is 1.91 bits per heavy atom. The zero-order chi connectivity index (χ0) is 39.1. The van der Waals surface area contributed by atoms with Crippen molar-refractivity contribution in [2.24, 2.45) is 5.92 Å². The molecule has 3 N–H and O–H groups in total. The predicted octanol–water partition coefficient (Wildman–Crippen LogP) is 4.96. The third-order valence-electron chi connectivity index (χ3n) is 10.5. The number of carbonyl (C=O) groups excluding carboxylic acids is 4. The van der Waals surface area contributed by atoms with E-state index < -0.39 is 73.8 Å². The van der Waals surface area contributed by atoms with Gasteiger partial charge in [0.05, 0.1) is 17.0 Å². The van der Waals surface area contributed by atoms with E-state index in [0.717, 1.165) is 23.5 Å². The van der Waals surface area contributed by atoms with Gasteiger partial charge in [-0.05, 0) is 78.2 Å². The highest BCUT2D eigenvalue weighted by Gasteiger charge is 2.63. The lowest BCUT2D eigenvalue weighted by molar-refractivity contribution is -0.141. The van der Waals surface area contributed by atoms with Crippen molar-refractivity contribution in [2.45, 2.75) is 139 Å². The van der Waals surface area contributed by atoms with E-state index in [1.54, 1.807) is 46.0 Å². The van der Waals surface area contributed by atoms with Crippen molar-refractivity contribution < 1.29 is 37.1 Å². The molecule has 0 aromatic carbocycles. The molecule has 14 nitrogen and oxygen atoms in total. The quantitative estimate of drug-likeness (QED) is 0.309. The number of rotatable bonds is 8. The molecule has 0 spiro atoms. The number of amides is 4. The van der Waals surface area contributed by atoms with Crippen LogP contribution in [0.1, 0.15) is 111 Å². The predicted molar refractivity (Wildman–Crippen MR) is 203 cm³/mol. The van der Waals surface area contributed by atoms with Crippen LogP contribution < -0.4 is 20.1 Å². The fourth-order valence-corrected chi connectivity index (χ4v) is 9.12. The maximum atomic E-state index is 14.4. The van der Waals surface area contributed by atoms with Gasteiger partial charge in [0, 0.05) is 30.0 Å². The van der Waals surface area contributed by atoms with E-state index in [4.69, 9.17) is 14.5 Å². The number of nitrogens with zero attached hydrogens (tertiary/aromatic N) is 3. The highest BCUT2D eigenvalue weighted by molar-refractivity contribution is 7.91. The van der Waals surface area contributed by atoms with Gasteiger partial charge in [0.1, 0.15) is 45.8 Å². The van der Waals surface area contributed by atoms with Crippen LogP contribution in [0.4, 0.5) is 4.79 Å². The number of hydrogen-bond acceptors (Lipinski definition) is 11. The Morgan fingerprint density at radius 1 is 1.15 bits per heavy atom. The van der Waals surface area contributed by atoms with Crippen LogP contribution in [-0.2, 0) is 29.1 Å². The summed E-state index contributed by atoms with van der Waals surface area (Å²) >= 11 is 1.48.